The van der Waals surface area contributed by atoms with Gasteiger partial charge in [0.05, 0.1) is 24.2 Å². The maximum absolute atomic E-state index is 11.5. The average molecular weight is 304 g/mol. The Balaban J connectivity index is 2.19. The molecule has 2 heterocycles. The van der Waals surface area contributed by atoms with Crippen LogP contribution >= 0.6 is 11.3 Å². The normalized spacial score (nSPS) is 25.2. The number of hydrogen-bond donors (Lipinski definition) is 1. The Labute approximate surface area is 116 Å². The van der Waals surface area contributed by atoms with Crippen molar-refractivity contribution in [2.24, 2.45) is 0 Å². The molecule has 0 spiro atoms. The number of aryl methyl sites for hydroxylation is 1. The molecule has 1 unspecified atom stereocenters. The molecular weight excluding hydrogens is 288 g/mol. The van der Waals surface area contributed by atoms with Crippen LogP contribution in [0, 0.1) is 6.92 Å². The summed E-state index contributed by atoms with van der Waals surface area (Å²) in [6.07, 6.45) is 0.543. The van der Waals surface area contributed by atoms with Crippen LogP contribution in [0.3, 0.4) is 0 Å². The summed E-state index contributed by atoms with van der Waals surface area (Å²) in [7, 11) is -1.67. The van der Waals surface area contributed by atoms with E-state index in [1.165, 1.54) is 18.4 Å². The second-order valence-electron chi connectivity index (χ2n) is 4.94. The first kappa shape index (κ1) is 14.3. The molecule has 2 rings (SSSR count). The summed E-state index contributed by atoms with van der Waals surface area (Å²) >= 11 is 1.33. The highest BCUT2D eigenvalue weighted by Crippen LogP contribution is 2.30. The highest BCUT2D eigenvalue weighted by molar-refractivity contribution is 7.91. The van der Waals surface area contributed by atoms with Gasteiger partial charge in [-0.3, -0.25) is 0 Å². The highest BCUT2D eigenvalue weighted by atomic mass is 32.2. The molecule has 1 aromatic heterocycles. The minimum atomic E-state index is -2.98. The first-order chi connectivity index (χ1) is 8.75. The number of esters is 1. The zero-order chi connectivity index (χ0) is 14.3. The lowest BCUT2D eigenvalue weighted by Crippen LogP contribution is -2.35. The number of ether oxygens (including phenoxy) is 1. The van der Waals surface area contributed by atoms with Crippen molar-refractivity contribution in [2.75, 3.05) is 23.9 Å². The molecule has 1 aliphatic rings. The van der Waals surface area contributed by atoms with Crippen LogP contribution in [0.5, 0.6) is 0 Å². The molecule has 0 radical (unpaired) electrons. The maximum Gasteiger partial charge on any atom is 0.357 e. The van der Waals surface area contributed by atoms with Gasteiger partial charge >= 0.3 is 5.97 Å². The van der Waals surface area contributed by atoms with Crippen molar-refractivity contribution >= 4 is 32.3 Å². The van der Waals surface area contributed by atoms with E-state index in [1.54, 1.807) is 6.92 Å². The Morgan fingerprint density at radius 2 is 2.21 bits per heavy atom. The third-order valence-electron chi connectivity index (χ3n) is 3.09. The third-order valence-corrected chi connectivity index (χ3v) is 5.88. The Morgan fingerprint density at radius 3 is 2.74 bits per heavy atom. The summed E-state index contributed by atoms with van der Waals surface area (Å²) in [5, 5.41) is 3.69. The number of thiazole rings is 1. The van der Waals surface area contributed by atoms with Gasteiger partial charge in [0.15, 0.2) is 20.7 Å². The second kappa shape index (κ2) is 4.75. The molecule has 0 amide bonds. The Morgan fingerprint density at radius 1 is 1.53 bits per heavy atom. The summed E-state index contributed by atoms with van der Waals surface area (Å²) in [5.41, 5.74) is -0.240. The van der Waals surface area contributed by atoms with E-state index in [4.69, 9.17) is 0 Å². The molecule has 1 aromatic rings. The Kier molecular flexibility index (Phi) is 3.57. The number of nitrogens with one attached hydrogen (secondary N) is 1. The molecule has 1 saturated heterocycles. The Bertz CT molecular complexity index is 608. The van der Waals surface area contributed by atoms with Crippen LogP contribution in [0.15, 0.2) is 0 Å². The van der Waals surface area contributed by atoms with Crippen molar-refractivity contribution in [3.63, 3.8) is 0 Å². The predicted molar refractivity (Wildman–Crippen MR) is 73.5 cm³/mol. The molecule has 6 nitrogen and oxygen atoms in total. The molecule has 0 saturated carbocycles. The third kappa shape index (κ3) is 3.06. The quantitative estimate of drug-likeness (QED) is 0.845. The first-order valence-electron chi connectivity index (χ1n) is 5.79. The van der Waals surface area contributed by atoms with E-state index in [0.29, 0.717) is 11.6 Å². The van der Waals surface area contributed by atoms with Gasteiger partial charge in [-0.1, -0.05) is 0 Å². The monoisotopic (exact) mass is 304 g/mol. The topological polar surface area (TPSA) is 85.4 Å². The zero-order valence-corrected chi connectivity index (χ0v) is 12.7. The van der Waals surface area contributed by atoms with E-state index in [-0.39, 0.29) is 17.2 Å². The number of hydrogen-bond acceptors (Lipinski definition) is 7. The molecule has 0 aromatic carbocycles. The number of sulfone groups is 1. The molecule has 1 N–H and O–H groups in total. The fourth-order valence-electron chi connectivity index (χ4n) is 2.10. The molecule has 8 heteroatoms. The van der Waals surface area contributed by atoms with Crippen molar-refractivity contribution in [1.29, 1.82) is 0 Å². The number of carbonyl (C=O) groups is 1. The van der Waals surface area contributed by atoms with Crippen LogP contribution in [0.4, 0.5) is 5.13 Å². The molecular formula is C11H16N2O4S2. The average Bonchev–Trinajstić information content (AvgIpc) is 2.78. The van der Waals surface area contributed by atoms with Crippen LogP contribution in [-0.4, -0.2) is 43.5 Å². The molecule has 1 atom stereocenters. The Hall–Kier alpha value is -1.15. The molecule has 1 fully saturated rings. The summed E-state index contributed by atoms with van der Waals surface area (Å²) in [5.74, 6) is -0.206. The lowest BCUT2D eigenvalue weighted by atomic mass is 10.0. The first-order valence-corrected chi connectivity index (χ1v) is 8.43. The van der Waals surface area contributed by atoms with Gasteiger partial charge in [0, 0.05) is 4.88 Å². The number of methoxy groups -OCH3 is 1. The van der Waals surface area contributed by atoms with Gasteiger partial charge < -0.3 is 10.1 Å². The van der Waals surface area contributed by atoms with Crippen LogP contribution < -0.4 is 5.32 Å². The van der Waals surface area contributed by atoms with Crippen molar-refractivity contribution in [1.82, 2.24) is 4.98 Å². The molecule has 0 bridgehead atoms. The van der Waals surface area contributed by atoms with Gasteiger partial charge in [0.2, 0.25) is 0 Å². The van der Waals surface area contributed by atoms with Crippen molar-refractivity contribution in [3.05, 3.63) is 10.6 Å². The van der Waals surface area contributed by atoms with E-state index < -0.39 is 21.3 Å². The minimum Gasteiger partial charge on any atom is -0.464 e. The molecule has 106 valence electrons. The highest BCUT2D eigenvalue weighted by Gasteiger charge is 2.39. The van der Waals surface area contributed by atoms with Crippen LogP contribution in [0.2, 0.25) is 0 Å². The van der Waals surface area contributed by atoms with Crippen LogP contribution in [0.25, 0.3) is 0 Å². The summed E-state index contributed by atoms with van der Waals surface area (Å²) in [6, 6.07) is 0. The molecule has 0 aliphatic carbocycles. The van der Waals surface area contributed by atoms with Crippen molar-refractivity contribution in [3.8, 4) is 0 Å². The van der Waals surface area contributed by atoms with E-state index >= 15 is 0 Å². The lowest BCUT2D eigenvalue weighted by Gasteiger charge is -2.23. The van der Waals surface area contributed by atoms with Gasteiger partial charge in [-0.05, 0) is 20.3 Å². The fourth-order valence-corrected chi connectivity index (χ4v) is 5.15. The number of anilines is 1. The van der Waals surface area contributed by atoms with Crippen molar-refractivity contribution in [2.45, 2.75) is 25.8 Å². The standard InChI is InChI=1S/C11H16N2O4S2/c1-7-8(9(14)17-3)12-10(18-7)13-11(2)4-5-19(15,16)6-11/h4-6H2,1-3H3,(H,12,13). The summed E-state index contributed by atoms with van der Waals surface area (Å²) in [6.45, 7) is 3.63. The van der Waals surface area contributed by atoms with Crippen LogP contribution in [0.1, 0.15) is 28.7 Å². The predicted octanol–water partition coefficient (Wildman–Crippen LogP) is 1.23. The van der Waals surface area contributed by atoms with Gasteiger partial charge in [0.1, 0.15) is 0 Å². The van der Waals surface area contributed by atoms with Gasteiger partial charge in [-0.25, -0.2) is 18.2 Å². The lowest BCUT2D eigenvalue weighted by molar-refractivity contribution is 0.0594. The SMILES string of the molecule is COC(=O)c1nc(NC2(C)CCS(=O)(=O)C2)sc1C. The molecule has 1 aliphatic heterocycles. The number of rotatable bonds is 3. The maximum atomic E-state index is 11.5. The van der Waals surface area contributed by atoms with Gasteiger partial charge in [-0.15, -0.1) is 11.3 Å². The number of carbonyl (C=O) groups excluding carboxylic acids is 1. The van der Waals surface area contributed by atoms with E-state index in [0.717, 1.165) is 4.88 Å². The van der Waals surface area contributed by atoms with Crippen LogP contribution in [-0.2, 0) is 14.6 Å². The summed E-state index contributed by atoms with van der Waals surface area (Å²) in [4.78, 5) is 16.4. The number of nitrogens with zero attached hydrogens (tertiary/aromatic N) is 1. The van der Waals surface area contributed by atoms with Crippen molar-refractivity contribution < 1.29 is 17.9 Å². The van der Waals surface area contributed by atoms with E-state index in [9.17, 15) is 13.2 Å². The summed E-state index contributed by atoms with van der Waals surface area (Å²) < 4.78 is 27.7. The second-order valence-corrected chi connectivity index (χ2v) is 8.33. The fraction of sp³-hybridized carbons (Fsp3) is 0.636. The van der Waals surface area contributed by atoms with Gasteiger partial charge in [-0.2, -0.15) is 0 Å². The zero-order valence-electron chi connectivity index (χ0n) is 11.0. The molecule has 19 heavy (non-hydrogen) atoms. The van der Waals surface area contributed by atoms with E-state index in [1.807, 2.05) is 6.92 Å². The number of aromatic nitrogens is 1. The van der Waals surface area contributed by atoms with E-state index in [2.05, 4.69) is 15.0 Å². The largest absolute Gasteiger partial charge is 0.464 e. The van der Waals surface area contributed by atoms with Gasteiger partial charge in [0.25, 0.3) is 0 Å². The smallest absolute Gasteiger partial charge is 0.357 e. The minimum absolute atomic E-state index is 0.0895.